The second kappa shape index (κ2) is 8.55. The third kappa shape index (κ3) is 4.77. The summed E-state index contributed by atoms with van der Waals surface area (Å²) >= 11 is 0. The first kappa shape index (κ1) is 18.7. The van der Waals surface area contributed by atoms with Crippen LogP contribution in [0.3, 0.4) is 0 Å². The number of halogens is 1. The van der Waals surface area contributed by atoms with Gasteiger partial charge in [-0.05, 0) is 36.2 Å². The normalized spacial score (nSPS) is 10.8. The third-order valence-corrected chi connectivity index (χ3v) is 4.08. The predicted octanol–water partition coefficient (Wildman–Crippen LogP) is 3.29. The molecule has 0 spiro atoms. The molecule has 2 heterocycles. The molecule has 2 N–H and O–H groups in total. The minimum atomic E-state index is -0.279. The average Bonchev–Trinajstić information content (AvgIpc) is 2.68. The first-order chi connectivity index (χ1) is 13.1. The second-order valence-corrected chi connectivity index (χ2v) is 6.08. The molecule has 140 valence electrons. The van der Waals surface area contributed by atoms with Gasteiger partial charge in [-0.25, -0.2) is 14.4 Å². The topological polar surface area (TPSA) is 79.9 Å². The number of nitrogens with one attached hydrogen (secondary N) is 2. The molecule has 7 heteroatoms. The standard InChI is InChI=1S/C20H21FN4O2/c1-3-16-9-19(26)25-20(24-16)14-5-7-18(23-11-14)22-10-13-4-6-17(21)15(8-13)12-27-2/h4-9,11H,3,10,12H2,1-2H3,(H,22,23)(H,24,25,26). The van der Waals surface area contributed by atoms with Crippen LogP contribution in [0, 0.1) is 5.82 Å². The Labute approximate surface area is 156 Å². The lowest BCUT2D eigenvalue weighted by molar-refractivity contribution is 0.181. The summed E-state index contributed by atoms with van der Waals surface area (Å²) < 4.78 is 18.7. The number of hydrogen-bond donors (Lipinski definition) is 2. The summed E-state index contributed by atoms with van der Waals surface area (Å²) in [6, 6.07) is 10.1. The Hall–Kier alpha value is -3.06. The van der Waals surface area contributed by atoms with Crippen LogP contribution in [0.4, 0.5) is 10.2 Å². The summed E-state index contributed by atoms with van der Waals surface area (Å²) in [6.45, 7) is 2.68. The van der Waals surface area contributed by atoms with Crippen LogP contribution in [0.2, 0.25) is 0 Å². The fourth-order valence-corrected chi connectivity index (χ4v) is 2.66. The van der Waals surface area contributed by atoms with E-state index in [9.17, 15) is 9.18 Å². The number of aromatic amines is 1. The number of ether oxygens (including phenoxy) is 1. The molecule has 1 aromatic carbocycles. The first-order valence-corrected chi connectivity index (χ1v) is 8.66. The fraction of sp³-hybridized carbons (Fsp3) is 0.250. The number of anilines is 1. The van der Waals surface area contributed by atoms with E-state index in [1.165, 1.54) is 19.2 Å². The SMILES string of the molecule is CCc1cc(=O)[nH]c(-c2ccc(NCc3ccc(F)c(COC)c3)nc2)n1. The summed E-state index contributed by atoms with van der Waals surface area (Å²) in [7, 11) is 1.54. The molecule has 0 atom stereocenters. The van der Waals surface area contributed by atoms with Crippen LogP contribution >= 0.6 is 0 Å². The zero-order chi connectivity index (χ0) is 19.2. The summed E-state index contributed by atoms with van der Waals surface area (Å²) in [5, 5.41) is 3.20. The largest absolute Gasteiger partial charge is 0.380 e. The first-order valence-electron chi connectivity index (χ1n) is 8.66. The fourth-order valence-electron chi connectivity index (χ4n) is 2.66. The lowest BCUT2D eigenvalue weighted by atomic mass is 10.1. The maximum atomic E-state index is 13.7. The van der Waals surface area contributed by atoms with Crippen LogP contribution in [0.1, 0.15) is 23.7 Å². The molecule has 0 aliphatic rings. The number of H-pyrrole nitrogens is 1. The van der Waals surface area contributed by atoms with Crippen LogP contribution < -0.4 is 10.9 Å². The van der Waals surface area contributed by atoms with Crippen molar-refractivity contribution in [3.05, 3.63) is 75.6 Å². The number of benzene rings is 1. The van der Waals surface area contributed by atoms with Gasteiger partial charge in [-0.3, -0.25) is 4.79 Å². The summed E-state index contributed by atoms with van der Waals surface area (Å²) in [5.74, 6) is 0.894. The van der Waals surface area contributed by atoms with Gasteiger partial charge in [-0.2, -0.15) is 0 Å². The molecule has 0 aliphatic heterocycles. The van der Waals surface area contributed by atoms with Gasteiger partial charge in [0.2, 0.25) is 0 Å². The minimum absolute atomic E-state index is 0.178. The van der Waals surface area contributed by atoms with Gasteiger partial charge < -0.3 is 15.0 Å². The van der Waals surface area contributed by atoms with Gasteiger partial charge in [0.05, 0.1) is 6.61 Å². The Kier molecular flexibility index (Phi) is 5.93. The number of aryl methyl sites for hydroxylation is 1. The van der Waals surface area contributed by atoms with E-state index < -0.39 is 0 Å². The molecule has 0 saturated carbocycles. The third-order valence-electron chi connectivity index (χ3n) is 4.08. The monoisotopic (exact) mass is 368 g/mol. The van der Waals surface area contributed by atoms with Crippen LogP contribution in [-0.2, 0) is 24.3 Å². The van der Waals surface area contributed by atoms with E-state index in [1.54, 1.807) is 18.3 Å². The van der Waals surface area contributed by atoms with Crippen molar-refractivity contribution < 1.29 is 9.13 Å². The van der Waals surface area contributed by atoms with Gasteiger partial charge in [0.1, 0.15) is 17.5 Å². The van der Waals surface area contributed by atoms with Gasteiger partial charge in [-0.15, -0.1) is 0 Å². The summed E-state index contributed by atoms with van der Waals surface area (Å²) in [4.78, 5) is 23.2. The molecule has 0 bridgehead atoms. The molecule has 0 saturated heterocycles. The molecular formula is C20H21FN4O2. The predicted molar refractivity (Wildman–Crippen MR) is 102 cm³/mol. The molecule has 3 rings (SSSR count). The van der Waals surface area contributed by atoms with Gasteiger partial charge in [0.15, 0.2) is 0 Å². The van der Waals surface area contributed by atoms with E-state index in [-0.39, 0.29) is 18.0 Å². The van der Waals surface area contributed by atoms with E-state index in [0.717, 1.165) is 16.8 Å². The van der Waals surface area contributed by atoms with E-state index in [4.69, 9.17) is 4.74 Å². The van der Waals surface area contributed by atoms with Crippen molar-refractivity contribution >= 4 is 5.82 Å². The van der Waals surface area contributed by atoms with Crippen molar-refractivity contribution in [2.24, 2.45) is 0 Å². The van der Waals surface area contributed by atoms with Crippen molar-refractivity contribution in [3.63, 3.8) is 0 Å². The quantitative estimate of drug-likeness (QED) is 0.669. The van der Waals surface area contributed by atoms with E-state index in [2.05, 4.69) is 20.3 Å². The average molecular weight is 368 g/mol. The summed E-state index contributed by atoms with van der Waals surface area (Å²) in [6.07, 6.45) is 2.34. The lowest BCUT2D eigenvalue weighted by Gasteiger charge is -2.09. The maximum absolute atomic E-state index is 13.7. The number of nitrogens with zero attached hydrogens (tertiary/aromatic N) is 2. The Bertz CT molecular complexity index is 970. The van der Waals surface area contributed by atoms with Crippen LogP contribution in [0.5, 0.6) is 0 Å². The second-order valence-electron chi connectivity index (χ2n) is 6.08. The molecule has 3 aromatic rings. The zero-order valence-electron chi connectivity index (χ0n) is 15.3. The molecule has 6 nitrogen and oxygen atoms in total. The van der Waals surface area contributed by atoms with Crippen LogP contribution in [0.25, 0.3) is 11.4 Å². The molecule has 0 aliphatic carbocycles. The van der Waals surface area contributed by atoms with Crippen LogP contribution in [-0.4, -0.2) is 22.1 Å². The molecule has 0 amide bonds. The zero-order valence-corrected chi connectivity index (χ0v) is 15.3. The Morgan fingerprint density at radius 3 is 2.78 bits per heavy atom. The number of pyridine rings is 1. The van der Waals surface area contributed by atoms with Gasteiger partial charge in [-0.1, -0.05) is 13.0 Å². The highest BCUT2D eigenvalue weighted by Gasteiger charge is 2.06. The van der Waals surface area contributed by atoms with Crippen molar-refractivity contribution in [3.8, 4) is 11.4 Å². The smallest absolute Gasteiger partial charge is 0.251 e. The van der Waals surface area contributed by atoms with Gasteiger partial charge >= 0.3 is 0 Å². The van der Waals surface area contributed by atoms with E-state index in [0.29, 0.717) is 30.2 Å². The van der Waals surface area contributed by atoms with Gasteiger partial charge in [0.25, 0.3) is 5.56 Å². The lowest BCUT2D eigenvalue weighted by Crippen LogP contribution is -2.10. The van der Waals surface area contributed by atoms with E-state index in [1.807, 2.05) is 19.1 Å². The maximum Gasteiger partial charge on any atom is 0.251 e. The number of methoxy groups -OCH3 is 1. The van der Waals surface area contributed by atoms with Crippen molar-refractivity contribution in [1.82, 2.24) is 15.0 Å². The molecule has 0 fully saturated rings. The minimum Gasteiger partial charge on any atom is -0.380 e. The molecule has 0 unspecified atom stereocenters. The summed E-state index contributed by atoms with van der Waals surface area (Å²) in [5.41, 5.74) is 2.74. The highest BCUT2D eigenvalue weighted by Crippen LogP contribution is 2.16. The number of aromatic nitrogens is 3. The van der Waals surface area contributed by atoms with Crippen molar-refractivity contribution in [2.45, 2.75) is 26.5 Å². The highest BCUT2D eigenvalue weighted by molar-refractivity contribution is 5.55. The Morgan fingerprint density at radius 2 is 2.07 bits per heavy atom. The van der Waals surface area contributed by atoms with Crippen LogP contribution in [0.15, 0.2) is 47.4 Å². The van der Waals surface area contributed by atoms with E-state index >= 15 is 0 Å². The molecule has 0 radical (unpaired) electrons. The Morgan fingerprint density at radius 1 is 1.22 bits per heavy atom. The molecule has 2 aromatic heterocycles. The Balaban J connectivity index is 1.70. The molecular weight excluding hydrogens is 347 g/mol. The highest BCUT2D eigenvalue weighted by atomic mass is 19.1. The van der Waals surface area contributed by atoms with Crippen molar-refractivity contribution in [1.29, 1.82) is 0 Å². The molecule has 27 heavy (non-hydrogen) atoms. The number of hydrogen-bond acceptors (Lipinski definition) is 5. The van der Waals surface area contributed by atoms with Crippen molar-refractivity contribution in [2.75, 3.05) is 12.4 Å². The number of rotatable bonds is 7. The van der Waals surface area contributed by atoms with Gasteiger partial charge in [0, 0.05) is 42.7 Å².